The largest absolute Gasteiger partial charge is 0.445 e. The van der Waals surface area contributed by atoms with Crippen LogP contribution in [0, 0.1) is 5.41 Å². The molecule has 5 heteroatoms. The standard InChI is InChI=1S/C14H16N2O3/c15-9-13(17)12-7-4-8-16(12)14(18)19-10-11-5-2-1-3-6-11/h1-3,5-6,9,12,15H,4,7-8,10H2. The first-order valence-electron chi connectivity index (χ1n) is 6.24. The third kappa shape index (κ3) is 3.19. The molecule has 2 rings (SSSR count). The second-order valence-corrected chi connectivity index (χ2v) is 4.44. The van der Waals surface area contributed by atoms with E-state index in [0.29, 0.717) is 13.0 Å². The van der Waals surface area contributed by atoms with Crippen molar-refractivity contribution in [2.45, 2.75) is 25.5 Å². The Morgan fingerprint density at radius 1 is 1.37 bits per heavy atom. The zero-order chi connectivity index (χ0) is 13.7. The van der Waals surface area contributed by atoms with Crippen LogP contribution >= 0.6 is 0 Å². The zero-order valence-corrected chi connectivity index (χ0v) is 10.5. The Morgan fingerprint density at radius 2 is 2.11 bits per heavy atom. The van der Waals surface area contributed by atoms with Gasteiger partial charge in [-0.15, -0.1) is 0 Å². The maximum atomic E-state index is 11.9. The van der Waals surface area contributed by atoms with Gasteiger partial charge >= 0.3 is 6.09 Å². The number of amides is 1. The van der Waals surface area contributed by atoms with Gasteiger partial charge in [0, 0.05) is 6.54 Å². The molecule has 0 aliphatic carbocycles. The summed E-state index contributed by atoms with van der Waals surface area (Å²) in [5.74, 6) is -0.339. The van der Waals surface area contributed by atoms with Gasteiger partial charge < -0.3 is 10.1 Å². The van der Waals surface area contributed by atoms with E-state index < -0.39 is 12.1 Å². The minimum absolute atomic E-state index is 0.196. The van der Waals surface area contributed by atoms with E-state index in [9.17, 15) is 9.59 Å². The maximum Gasteiger partial charge on any atom is 0.410 e. The molecular formula is C14H16N2O3. The highest BCUT2D eigenvalue weighted by molar-refractivity contribution is 6.29. The molecule has 5 nitrogen and oxygen atoms in total. The Kier molecular flexibility index (Phi) is 4.28. The molecule has 1 amide bonds. The van der Waals surface area contributed by atoms with Crippen LogP contribution in [0.15, 0.2) is 30.3 Å². The van der Waals surface area contributed by atoms with E-state index in [0.717, 1.165) is 18.2 Å². The van der Waals surface area contributed by atoms with Crippen molar-refractivity contribution in [2.75, 3.05) is 6.54 Å². The fourth-order valence-corrected chi connectivity index (χ4v) is 2.18. The molecule has 1 aliphatic heterocycles. The number of nitrogens with zero attached hydrogens (tertiary/aromatic N) is 1. The van der Waals surface area contributed by atoms with E-state index >= 15 is 0 Å². The van der Waals surface area contributed by atoms with Crippen molar-refractivity contribution in [3.63, 3.8) is 0 Å². The molecule has 1 atom stereocenters. The molecule has 1 heterocycles. The molecule has 0 spiro atoms. The lowest BCUT2D eigenvalue weighted by Gasteiger charge is -2.21. The van der Waals surface area contributed by atoms with Gasteiger partial charge in [0.1, 0.15) is 6.61 Å². The van der Waals surface area contributed by atoms with Crippen LogP contribution < -0.4 is 0 Å². The minimum Gasteiger partial charge on any atom is -0.445 e. The number of Topliss-reactive ketones (excluding diaryl/α,β-unsaturated/α-hetero) is 1. The summed E-state index contributed by atoms with van der Waals surface area (Å²) in [5.41, 5.74) is 0.907. The highest BCUT2D eigenvalue weighted by atomic mass is 16.6. The van der Waals surface area contributed by atoms with Crippen molar-refractivity contribution in [3.05, 3.63) is 35.9 Å². The Bertz CT molecular complexity index is 473. The molecular weight excluding hydrogens is 244 g/mol. The van der Waals surface area contributed by atoms with Crippen LogP contribution in [0.5, 0.6) is 0 Å². The third-order valence-corrected chi connectivity index (χ3v) is 3.16. The highest BCUT2D eigenvalue weighted by Gasteiger charge is 2.33. The van der Waals surface area contributed by atoms with E-state index in [1.165, 1.54) is 4.90 Å². The molecule has 0 saturated carbocycles. The Labute approximate surface area is 111 Å². The Balaban J connectivity index is 1.92. The summed E-state index contributed by atoms with van der Waals surface area (Å²) in [5, 5.41) is 6.99. The molecule has 1 aromatic rings. The predicted molar refractivity (Wildman–Crippen MR) is 70.1 cm³/mol. The van der Waals surface area contributed by atoms with Crippen molar-refractivity contribution in [2.24, 2.45) is 0 Å². The van der Waals surface area contributed by atoms with E-state index in [1.807, 2.05) is 30.3 Å². The first kappa shape index (κ1) is 13.3. The van der Waals surface area contributed by atoms with Crippen LogP contribution in [-0.4, -0.2) is 35.6 Å². The first-order chi connectivity index (χ1) is 9.22. The minimum atomic E-state index is -0.527. The normalized spacial score (nSPS) is 18.1. The fourth-order valence-electron chi connectivity index (χ4n) is 2.18. The van der Waals surface area contributed by atoms with Crippen molar-refractivity contribution < 1.29 is 14.3 Å². The lowest BCUT2D eigenvalue weighted by atomic mass is 10.1. The predicted octanol–water partition coefficient (Wildman–Crippen LogP) is 2.01. The molecule has 1 saturated heterocycles. The number of benzene rings is 1. The highest BCUT2D eigenvalue weighted by Crippen LogP contribution is 2.19. The number of likely N-dealkylation sites (tertiary alicyclic amines) is 1. The molecule has 100 valence electrons. The number of ketones is 1. The smallest absolute Gasteiger partial charge is 0.410 e. The Hall–Kier alpha value is -2.17. The number of nitrogens with one attached hydrogen (secondary N) is 1. The molecule has 1 fully saturated rings. The second-order valence-electron chi connectivity index (χ2n) is 4.44. The summed E-state index contributed by atoms with van der Waals surface area (Å²) in [7, 11) is 0. The second kappa shape index (κ2) is 6.13. The van der Waals surface area contributed by atoms with E-state index in [4.69, 9.17) is 10.1 Å². The molecule has 1 aliphatic rings. The lowest BCUT2D eigenvalue weighted by Crippen LogP contribution is -2.41. The van der Waals surface area contributed by atoms with Gasteiger partial charge in [-0.05, 0) is 18.4 Å². The van der Waals surface area contributed by atoms with Crippen molar-refractivity contribution in [1.29, 1.82) is 5.41 Å². The maximum absolute atomic E-state index is 11.9. The van der Waals surface area contributed by atoms with Crippen LogP contribution in [0.2, 0.25) is 0 Å². The molecule has 0 aromatic heterocycles. The molecule has 0 radical (unpaired) electrons. The van der Waals surface area contributed by atoms with E-state index in [2.05, 4.69) is 0 Å². The van der Waals surface area contributed by atoms with Gasteiger partial charge in [0.2, 0.25) is 0 Å². The number of hydrogen-bond donors (Lipinski definition) is 1. The van der Waals surface area contributed by atoms with Gasteiger partial charge in [-0.3, -0.25) is 9.69 Å². The van der Waals surface area contributed by atoms with Crippen molar-refractivity contribution in [1.82, 2.24) is 4.90 Å². The quantitative estimate of drug-likeness (QED) is 0.842. The third-order valence-electron chi connectivity index (χ3n) is 3.16. The Morgan fingerprint density at radius 3 is 2.79 bits per heavy atom. The molecule has 19 heavy (non-hydrogen) atoms. The summed E-state index contributed by atoms with van der Waals surface area (Å²) in [4.78, 5) is 24.8. The summed E-state index contributed by atoms with van der Waals surface area (Å²) >= 11 is 0. The number of rotatable bonds is 4. The number of hydrogen-bond acceptors (Lipinski definition) is 4. The lowest BCUT2D eigenvalue weighted by molar-refractivity contribution is -0.116. The number of carbonyl (C=O) groups excluding carboxylic acids is 2. The first-order valence-corrected chi connectivity index (χ1v) is 6.24. The van der Waals surface area contributed by atoms with Gasteiger partial charge in [-0.2, -0.15) is 0 Å². The topological polar surface area (TPSA) is 70.5 Å². The summed E-state index contributed by atoms with van der Waals surface area (Å²) in [6, 6.07) is 8.86. The average Bonchev–Trinajstić information content (AvgIpc) is 2.94. The van der Waals surface area contributed by atoms with Crippen LogP contribution in [0.25, 0.3) is 0 Å². The summed E-state index contributed by atoms with van der Waals surface area (Å²) in [6.45, 7) is 0.708. The number of ether oxygens (including phenoxy) is 1. The van der Waals surface area contributed by atoms with E-state index in [1.54, 1.807) is 0 Å². The van der Waals surface area contributed by atoms with Gasteiger partial charge in [0.15, 0.2) is 5.78 Å². The van der Waals surface area contributed by atoms with Crippen LogP contribution in [0.1, 0.15) is 18.4 Å². The summed E-state index contributed by atoms with van der Waals surface area (Å²) < 4.78 is 5.20. The van der Waals surface area contributed by atoms with Crippen LogP contribution in [-0.2, 0) is 16.1 Å². The monoisotopic (exact) mass is 260 g/mol. The van der Waals surface area contributed by atoms with Crippen molar-refractivity contribution >= 4 is 18.1 Å². The van der Waals surface area contributed by atoms with Gasteiger partial charge in [-0.1, -0.05) is 30.3 Å². The average molecular weight is 260 g/mol. The zero-order valence-electron chi connectivity index (χ0n) is 10.5. The van der Waals surface area contributed by atoms with E-state index in [-0.39, 0.29) is 12.4 Å². The van der Waals surface area contributed by atoms with Crippen molar-refractivity contribution in [3.8, 4) is 0 Å². The van der Waals surface area contributed by atoms with Gasteiger partial charge in [-0.25, -0.2) is 4.79 Å². The molecule has 1 aromatic carbocycles. The molecule has 1 unspecified atom stereocenters. The van der Waals surface area contributed by atoms with Crippen LogP contribution in [0.3, 0.4) is 0 Å². The SMILES string of the molecule is N=CC(=O)C1CCCN1C(=O)OCc1ccccc1. The number of carbonyl (C=O) groups is 2. The fraction of sp³-hybridized carbons (Fsp3) is 0.357. The molecule has 1 N–H and O–H groups in total. The van der Waals surface area contributed by atoms with Gasteiger partial charge in [0.25, 0.3) is 0 Å². The van der Waals surface area contributed by atoms with Crippen LogP contribution in [0.4, 0.5) is 4.79 Å². The van der Waals surface area contributed by atoms with Gasteiger partial charge in [0.05, 0.1) is 12.3 Å². The molecule has 0 bridgehead atoms. The summed E-state index contributed by atoms with van der Waals surface area (Å²) in [6.07, 6.45) is 1.66.